The van der Waals surface area contributed by atoms with Gasteiger partial charge >= 0.3 is 5.97 Å². The number of likely N-dealkylation sites (N-methyl/N-ethyl adjacent to an activating group) is 1. The van der Waals surface area contributed by atoms with Gasteiger partial charge in [-0.25, -0.2) is 4.79 Å². The molecule has 0 unspecified atom stereocenters. The van der Waals surface area contributed by atoms with Crippen molar-refractivity contribution < 1.29 is 73.7 Å². The van der Waals surface area contributed by atoms with E-state index in [0.29, 0.717) is 36.6 Å². The van der Waals surface area contributed by atoms with E-state index in [4.69, 9.17) is 4.74 Å². The molecule has 7 amide bonds. The fourth-order valence-electron chi connectivity index (χ4n) is 8.26. The Morgan fingerprint density at radius 3 is 2.30 bits per heavy atom. The number of aromatic carboxylic acids is 1. The van der Waals surface area contributed by atoms with E-state index in [2.05, 4.69) is 36.9 Å². The second-order valence-electron chi connectivity index (χ2n) is 17.7. The number of carbonyl (C=O) groups is 8. The number of fused-ring (bicyclic) bond motifs is 2. The number of ether oxygens (including phenoxy) is 1. The minimum Gasteiger partial charge on any atom is -0.497 e. The lowest BCUT2D eigenvalue weighted by atomic mass is 9.88. The largest absolute Gasteiger partial charge is 0.497 e. The Balaban J connectivity index is 1.33. The Morgan fingerprint density at radius 1 is 0.886 bits per heavy atom. The smallest absolute Gasteiger partial charge is 0.352 e. The van der Waals surface area contributed by atoms with Crippen LogP contribution in [0.4, 0.5) is 0 Å². The average Bonchev–Trinajstić information content (AvgIpc) is 3.83. The third-order valence-electron chi connectivity index (χ3n) is 12.3. The van der Waals surface area contributed by atoms with Gasteiger partial charge in [-0.1, -0.05) is 55.8 Å². The molecular formula is C47H62N8O15. The molecule has 5 rings (SSSR count). The number of hydrogen-bond acceptors (Lipinski definition) is 14. The van der Waals surface area contributed by atoms with Crippen LogP contribution in [0, 0.1) is 5.92 Å². The maximum absolute atomic E-state index is 13.7. The first kappa shape index (κ1) is 54.0. The van der Waals surface area contributed by atoms with Gasteiger partial charge in [-0.05, 0) is 54.5 Å². The Labute approximate surface area is 402 Å². The Kier molecular flexibility index (Phi) is 19.0. The molecule has 23 heteroatoms. The first-order valence-electron chi connectivity index (χ1n) is 22.8. The number of β-amino-alcohol motifs (C(OH)–C–C–N with tert-alkyl or cyclic N) is 1. The predicted molar refractivity (Wildman–Crippen MR) is 249 cm³/mol. The van der Waals surface area contributed by atoms with Gasteiger partial charge in [-0.15, -0.1) is 0 Å². The zero-order valence-electron chi connectivity index (χ0n) is 39.0. The standard InChI is InChI=1S/C47H62N8O15/c1-25(10-6-4-5-7-11-26-14-16-28(70-3)17-15-26)41(62)42(63)40-43(64)45(66)52-33-20-35(58)54-47(33,69)21-38(61)55(2)24-37(60)50-32(19-30-29-12-8-9-13-31(29)51-39(30)46(67)68)44(65)49-23-36(59)48-22-27(56)18-34(57)53-40/h7-9,11-17,25,27,32-33,40-43,51,56,62-64,69H,4-6,10,18-24H2,1-3H3,(H,48,59)(H,49,65)(H,50,60)(H,52,66)(H,53,57)(H,54,58)(H,67,68)/b11-7+/t25-,27+,32-,33+,40-,41+,42+,43-,47+/m1/s1. The molecule has 13 N–H and O–H groups in total. The van der Waals surface area contributed by atoms with Gasteiger partial charge in [0, 0.05) is 30.9 Å². The van der Waals surface area contributed by atoms with Gasteiger partial charge in [0.2, 0.25) is 35.4 Å². The van der Waals surface area contributed by atoms with Crippen LogP contribution in [-0.4, -0.2) is 170 Å². The first-order valence-corrected chi connectivity index (χ1v) is 22.8. The molecule has 2 aliphatic heterocycles. The number of rotatable bonds is 13. The van der Waals surface area contributed by atoms with Crippen molar-refractivity contribution in [1.29, 1.82) is 0 Å². The highest BCUT2D eigenvalue weighted by atomic mass is 16.5. The van der Waals surface area contributed by atoms with E-state index >= 15 is 0 Å². The van der Waals surface area contributed by atoms with Crippen molar-refractivity contribution in [3.8, 4) is 5.75 Å². The molecule has 0 radical (unpaired) electrons. The zero-order valence-corrected chi connectivity index (χ0v) is 39.0. The van der Waals surface area contributed by atoms with E-state index in [9.17, 15) is 69.0 Å². The number of aliphatic hydroxyl groups is 5. The molecule has 2 saturated heterocycles. The van der Waals surface area contributed by atoms with Crippen LogP contribution in [0.1, 0.15) is 73.5 Å². The van der Waals surface area contributed by atoms with Crippen molar-refractivity contribution in [2.24, 2.45) is 5.92 Å². The molecule has 9 atom stereocenters. The topological polar surface area (TPSA) is 358 Å². The fraction of sp³-hybridized carbons (Fsp3) is 0.489. The van der Waals surface area contributed by atoms with Crippen LogP contribution in [0.25, 0.3) is 17.0 Å². The molecule has 0 spiro atoms. The van der Waals surface area contributed by atoms with E-state index in [-0.39, 0.29) is 11.3 Å². The molecule has 23 nitrogen and oxygen atoms in total. The summed E-state index contributed by atoms with van der Waals surface area (Å²) >= 11 is 0. The third-order valence-corrected chi connectivity index (χ3v) is 12.3. The van der Waals surface area contributed by atoms with Gasteiger partial charge in [0.05, 0.1) is 63.8 Å². The number of nitrogens with one attached hydrogen (secondary N) is 7. The predicted octanol–water partition coefficient (Wildman–Crippen LogP) is -2.08. The summed E-state index contributed by atoms with van der Waals surface area (Å²) < 4.78 is 5.18. The number of aromatic nitrogens is 1. The molecule has 2 aliphatic rings. The summed E-state index contributed by atoms with van der Waals surface area (Å²) in [6.07, 6.45) is -4.06. The van der Waals surface area contributed by atoms with Gasteiger partial charge in [0.15, 0.2) is 11.8 Å². The number of benzene rings is 2. The van der Waals surface area contributed by atoms with Gasteiger partial charge in [-0.2, -0.15) is 0 Å². The molecular weight excluding hydrogens is 917 g/mol. The lowest BCUT2D eigenvalue weighted by Gasteiger charge is -2.35. The molecule has 0 saturated carbocycles. The van der Waals surface area contributed by atoms with Crippen molar-refractivity contribution >= 4 is 64.3 Å². The van der Waals surface area contributed by atoms with Gasteiger partial charge in [0.1, 0.15) is 23.6 Å². The second kappa shape index (κ2) is 24.6. The molecule has 2 fully saturated rings. The zero-order chi connectivity index (χ0) is 51.3. The molecule has 2 aromatic carbocycles. The molecule has 70 heavy (non-hydrogen) atoms. The number of aliphatic hydroxyl groups excluding tert-OH is 4. The number of carbonyl (C=O) groups excluding carboxylic acids is 7. The first-order chi connectivity index (χ1) is 33.2. The Bertz CT molecular complexity index is 2410. The lowest BCUT2D eigenvalue weighted by molar-refractivity contribution is -0.145. The number of nitrogens with zero attached hydrogens (tertiary/aromatic N) is 1. The van der Waals surface area contributed by atoms with Gasteiger partial charge in [0.25, 0.3) is 5.91 Å². The highest BCUT2D eigenvalue weighted by molar-refractivity contribution is 5.99. The van der Waals surface area contributed by atoms with E-state index < -0.39 is 147 Å². The number of aromatic amines is 1. The van der Waals surface area contributed by atoms with Crippen LogP contribution in [0.3, 0.4) is 0 Å². The number of H-pyrrole nitrogens is 1. The Hall–Kier alpha value is -6.92. The highest BCUT2D eigenvalue weighted by Gasteiger charge is 2.49. The van der Waals surface area contributed by atoms with Crippen LogP contribution in [0.5, 0.6) is 5.75 Å². The number of para-hydroxylation sites is 1. The van der Waals surface area contributed by atoms with Crippen molar-refractivity contribution in [1.82, 2.24) is 41.8 Å². The van der Waals surface area contributed by atoms with E-state index in [1.807, 2.05) is 36.4 Å². The quantitative estimate of drug-likeness (QED) is 0.0818. The number of carboxylic acids is 1. The average molecular weight is 979 g/mol. The van der Waals surface area contributed by atoms with Crippen LogP contribution in [0.2, 0.25) is 0 Å². The molecule has 3 aromatic rings. The Morgan fingerprint density at radius 2 is 1.60 bits per heavy atom. The SMILES string of the molecule is COc1ccc(/C=C/CCCC[C@@H](C)[C@H](O)[C@@H](O)[C@H]2NC(=O)C[C@H](O)CNC(=O)CNC(=O)[C@@H](Cc3c(C(=O)O)[nH]c4ccccc34)NC(=O)CN(C)C(=O)C[C@@]3(O)NC(=O)C[C@@H]3NC(=O)[C@@H]2O)cc1. The van der Waals surface area contributed by atoms with Crippen molar-refractivity contribution in [3.05, 3.63) is 71.4 Å². The van der Waals surface area contributed by atoms with E-state index in [1.165, 1.54) is 7.05 Å². The highest BCUT2D eigenvalue weighted by Crippen LogP contribution is 2.26. The number of unbranched alkanes of at least 4 members (excludes halogenated alkanes) is 2. The fourth-order valence-corrected chi connectivity index (χ4v) is 8.26. The van der Waals surface area contributed by atoms with Crippen LogP contribution < -0.4 is 36.6 Å². The van der Waals surface area contributed by atoms with Crippen LogP contribution in [-0.2, 0) is 40.0 Å². The maximum Gasteiger partial charge on any atom is 0.352 e. The minimum absolute atomic E-state index is 0.133. The van der Waals surface area contributed by atoms with Gasteiger partial charge < -0.3 is 77.2 Å². The number of methoxy groups -OCH3 is 1. The summed E-state index contributed by atoms with van der Waals surface area (Å²) in [6.45, 7) is -0.413. The van der Waals surface area contributed by atoms with Crippen molar-refractivity contribution in [2.45, 2.75) is 107 Å². The monoisotopic (exact) mass is 978 g/mol. The lowest BCUT2D eigenvalue weighted by Crippen LogP contribution is -2.63. The summed E-state index contributed by atoms with van der Waals surface area (Å²) in [5.74, 6) is -8.20. The van der Waals surface area contributed by atoms with Gasteiger partial charge in [-0.3, -0.25) is 33.6 Å². The summed E-state index contributed by atoms with van der Waals surface area (Å²) in [5, 5.41) is 80.8. The summed E-state index contributed by atoms with van der Waals surface area (Å²) in [5.41, 5.74) is -1.26. The maximum atomic E-state index is 13.7. The number of allylic oxidation sites excluding steroid dienone is 1. The molecule has 380 valence electrons. The molecule has 1 aromatic heterocycles. The summed E-state index contributed by atoms with van der Waals surface area (Å²) in [4.78, 5) is 109. The van der Waals surface area contributed by atoms with Crippen molar-refractivity contribution in [3.63, 3.8) is 0 Å². The minimum atomic E-state index is -2.51. The second-order valence-corrected chi connectivity index (χ2v) is 17.7. The van der Waals surface area contributed by atoms with Crippen LogP contribution >= 0.6 is 0 Å². The number of hydrogen-bond donors (Lipinski definition) is 13. The van der Waals surface area contributed by atoms with Crippen molar-refractivity contribution in [2.75, 3.05) is 33.8 Å². The molecule has 0 aliphatic carbocycles. The summed E-state index contributed by atoms with van der Waals surface area (Å²) in [6, 6.07) is 8.87. The number of amides is 7. The molecule has 0 bridgehead atoms. The van der Waals surface area contributed by atoms with E-state index in [0.717, 1.165) is 16.2 Å². The van der Waals surface area contributed by atoms with Crippen LogP contribution in [0.15, 0.2) is 54.6 Å². The molecule has 3 heterocycles. The third kappa shape index (κ3) is 14.6. The van der Waals surface area contributed by atoms with E-state index in [1.54, 1.807) is 38.3 Å². The number of carboxylic acid groups (broad SMARTS) is 1. The summed E-state index contributed by atoms with van der Waals surface area (Å²) in [7, 11) is 2.74. The normalized spacial score (nSPS) is 25.2.